The van der Waals surface area contributed by atoms with Crippen LogP contribution < -0.4 is 32.8 Å². The molecular weight excluding hydrogens is 307 g/mol. The van der Waals surface area contributed by atoms with Crippen molar-refractivity contribution < 1.29 is 0 Å². The zero-order valence-corrected chi connectivity index (χ0v) is 14.6. The van der Waals surface area contributed by atoms with Gasteiger partial charge in [-0.05, 0) is 30.0 Å². The Morgan fingerprint density at radius 1 is 0.885 bits per heavy atom. The van der Waals surface area contributed by atoms with Crippen LogP contribution in [0.3, 0.4) is 0 Å². The molecule has 2 aromatic carbocycles. The minimum atomic E-state index is 0.210. The standard InChI is InChI=1S/C19H11B6N/c1-8-3-2-4-12-13(8)10-7-9(20)5-6-11(10)26(12)19-17(24)15(22)14(21)16(23)18(19)25/h2,4-8H,3H2,1H3. The second-order valence-electron chi connectivity index (χ2n) is 6.87. The van der Waals surface area contributed by atoms with Gasteiger partial charge >= 0.3 is 0 Å². The summed E-state index contributed by atoms with van der Waals surface area (Å²) in [4.78, 5) is 0. The van der Waals surface area contributed by atoms with E-state index in [1.807, 2.05) is 22.8 Å². The number of benzene rings is 2. The van der Waals surface area contributed by atoms with E-state index >= 15 is 0 Å². The molecule has 1 nitrogen and oxygen atoms in total. The summed E-state index contributed by atoms with van der Waals surface area (Å²) in [6.45, 7) is 2.19. The smallest absolute Gasteiger partial charge is 0.115 e. The highest BCUT2D eigenvalue weighted by atomic mass is 15.0. The van der Waals surface area contributed by atoms with E-state index in [9.17, 15) is 0 Å². The van der Waals surface area contributed by atoms with Crippen molar-refractivity contribution in [1.29, 1.82) is 0 Å². The second kappa shape index (κ2) is 6.08. The predicted octanol–water partition coefficient (Wildman–Crippen LogP) is -2.09. The maximum absolute atomic E-state index is 6.32. The first kappa shape index (κ1) is 17.5. The summed E-state index contributed by atoms with van der Waals surface area (Å²) in [5, 5.41) is 1.07. The zero-order valence-electron chi connectivity index (χ0n) is 14.6. The lowest BCUT2D eigenvalue weighted by molar-refractivity contribution is 0.773. The van der Waals surface area contributed by atoms with Gasteiger partial charge in [0, 0.05) is 16.8 Å². The molecule has 1 atom stereocenters. The minimum absolute atomic E-state index is 0.210. The molecule has 0 saturated heterocycles. The normalized spacial score (nSPS) is 16.1. The highest BCUT2D eigenvalue weighted by Crippen LogP contribution is 2.38. The largest absolute Gasteiger partial charge is 0.311 e. The Balaban J connectivity index is 2.21. The van der Waals surface area contributed by atoms with Crippen LogP contribution in [0.4, 0.5) is 0 Å². The summed E-state index contributed by atoms with van der Waals surface area (Å²) in [7, 11) is 36.8. The Morgan fingerprint density at radius 2 is 1.50 bits per heavy atom. The molecule has 7 heteroatoms. The summed E-state index contributed by atoms with van der Waals surface area (Å²) in [5.41, 5.74) is 5.76. The van der Waals surface area contributed by atoms with Gasteiger partial charge in [0.05, 0.1) is 5.52 Å². The van der Waals surface area contributed by atoms with Crippen LogP contribution in [0.15, 0.2) is 24.3 Å². The fourth-order valence-electron chi connectivity index (χ4n) is 3.85. The summed E-state index contributed by atoms with van der Waals surface area (Å²) in [5.74, 6) is 0.339. The molecule has 4 rings (SSSR count). The SMILES string of the molecule is [B]c1ccc2c(c1)c1c(n2-c2c([B])c([B])c([B])c([B])c2[B])C=CCC1C. The number of fused-ring (bicyclic) bond motifs is 3. The van der Waals surface area contributed by atoms with Gasteiger partial charge in [-0.3, -0.25) is 0 Å². The van der Waals surface area contributed by atoms with Crippen LogP contribution >= 0.6 is 0 Å². The second-order valence-corrected chi connectivity index (χ2v) is 6.87. The quantitative estimate of drug-likeness (QED) is 0.454. The van der Waals surface area contributed by atoms with Crippen molar-refractivity contribution in [1.82, 2.24) is 4.57 Å². The molecule has 1 heterocycles. The third-order valence-corrected chi connectivity index (χ3v) is 5.22. The van der Waals surface area contributed by atoms with Crippen LogP contribution in [0.25, 0.3) is 22.7 Å². The number of hydrogen-bond acceptors (Lipinski definition) is 0. The van der Waals surface area contributed by atoms with Crippen molar-refractivity contribution in [2.24, 2.45) is 0 Å². The van der Waals surface area contributed by atoms with Crippen LogP contribution in [0.5, 0.6) is 0 Å². The summed E-state index contributed by atoms with van der Waals surface area (Å²) >= 11 is 0. The van der Waals surface area contributed by atoms with Crippen molar-refractivity contribution in [2.75, 3.05) is 0 Å². The zero-order chi connectivity index (χ0) is 18.7. The van der Waals surface area contributed by atoms with Gasteiger partial charge < -0.3 is 4.57 Å². The van der Waals surface area contributed by atoms with Crippen LogP contribution in [-0.4, -0.2) is 51.6 Å². The topological polar surface area (TPSA) is 4.93 Å². The van der Waals surface area contributed by atoms with E-state index in [0.29, 0.717) is 28.0 Å². The monoisotopic (exact) mass is 319 g/mol. The first-order chi connectivity index (χ1) is 12.3. The van der Waals surface area contributed by atoms with Crippen molar-refractivity contribution in [2.45, 2.75) is 19.3 Å². The third-order valence-electron chi connectivity index (χ3n) is 5.22. The van der Waals surface area contributed by atoms with Gasteiger partial charge in [0.2, 0.25) is 0 Å². The van der Waals surface area contributed by atoms with Gasteiger partial charge in [-0.15, -0.1) is 16.4 Å². The molecule has 1 aliphatic rings. The Kier molecular flexibility index (Phi) is 4.10. The van der Waals surface area contributed by atoms with Crippen LogP contribution in [0.1, 0.15) is 30.5 Å². The molecule has 0 fully saturated rings. The fourth-order valence-corrected chi connectivity index (χ4v) is 3.85. The Hall–Kier alpha value is -1.89. The van der Waals surface area contributed by atoms with E-state index in [-0.39, 0.29) is 16.4 Å². The molecule has 110 valence electrons. The number of nitrogens with zero attached hydrogens (tertiary/aromatic N) is 1. The molecule has 0 N–H and O–H groups in total. The molecule has 12 radical (unpaired) electrons. The van der Waals surface area contributed by atoms with Crippen molar-refractivity contribution in [3.8, 4) is 5.69 Å². The molecule has 1 aromatic heterocycles. The number of aromatic nitrogens is 1. The Morgan fingerprint density at radius 3 is 2.15 bits per heavy atom. The molecule has 0 aliphatic heterocycles. The number of allylic oxidation sites excluding steroid dienone is 1. The average molecular weight is 318 g/mol. The van der Waals surface area contributed by atoms with E-state index in [1.165, 1.54) is 5.56 Å². The first-order valence-electron chi connectivity index (χ1n) is 8.45. The van der Waals surface area contributed by atoms with Gasteiger partial charge in [-0.25, -0.2) is 0 Å². The van der Waals surface area contributed by atoms with E-state index in [4.69, 9.17) is 47.1 Å². The Bertz CT molecular complexity index is 1070. The van der Waals surface area contributed by atoms with E-state index in [2.05, 4.69) is 19.1 Å². The van der Waals surface area contributed by atoms with Crippen LogP contribution in [0.2, 0.25) is 0 Å². The van der Waals surface area contributed by atoms with Gasteiger partial charge in [0.15, 0.2) is 0 Å². The Labute approximate surface area is 162 Å². The molecule has 3 aromatic rings. The maximum Gasteiger partial charge on any atom is 0.115 e. The summed E-state index contributed by atoms with van der Waals surface area (Å²) in [6, 6.07) is 5.80. The molecule has 0 spiro atoms. The summed E-state index contributed by atoms with van der Waals surface area (Å²) in [6.07, 6.45) is 5.17. The number of rotatable bonds is 1. The van der Waals surface area contributed by atoms with E-state index in [0.717, 1.165) is 23.0 Å². The van der Waals surface area contributed by atoms with Crippen molar-refractivity contribution >= 4 is 96.8 Å². The average Bonchev–Trinajstić information content (AvgIpc) is 2.93. The summed E-state index contributed by atoms with van der Waals surface area (Å²) < 4.78 is 2.01. The first-order valence-corrected chi connectivity index (χ1v) is 8.45. The van der Waals surface area contributed by atoms with Gasteiger partial charge in [-0.2, -0.15) is 0 Å². The highest BCUT2D eigenvalue weighted by Gasteiger charge is 2.24. The number of hydrogen-bond donors (Lipinski definition) is 0. The van der Waals surface area contributed by atoms with Crippen molar-refractivity contribution in [3.05, 3.63) is 35.5 Å². The lowest BCUT2D eigenvalue weighted by atomic mass is 9.61. The molecule has 0 saturated carbocycles. The van der Waals surface area contributed by atoms with Gasteiger partial charge in [-0.1, -0.05) is 41.5 Å². The molecule has 0 bridgehead atoms. The molecule has 0 amide bonds. The molecular formula is C19H11B6N. The maximum atomic E-state index is 6.32. The van der Waals surface area contributed by atoms with Crippen LogP contribution in [0, 0.1) is 0 Å². The molecule has 1 unspecified atom stereocenters. The van der Waals surface area contributed by atoms with E-state index in [1.54, 1.807) is 0 Å². The van der Waals surface area contributed by atoms with Gasteiger partial charge in [0.1, 0.15) is 47.1 Å². The third kappa shape index (κ3) is 2.32. The van der Waals surface area contributed by atoms with E-state index < -0.39 is 0 Å². The molecule has 1 aliphatic carbocycles. The van der Waals surface area contributed by atoms with Gasteiger partial charge in [0.25, 0.3) is 0 Å². The highest BCUT2D eigenvalue weighted by molar-refractivity contribution is 6.68. The van der Waals surface area contributed by atoms with Crippen LogP contribution in [-0.2, 0) is 0 Å². The fraction of sp³-hybridized carbons (Fsp3) is 0.158. The predicted molar refractivity (Wildman–Crippen MR) is 118 cm³/mol. The van der Waals surface area contributed by atoms with Crippen molar-refractivity contribution in [3.63, 3.8) is 0 Å². The lowest BCUT2D eigenvalue weighted by Gasteiger charge is -2.24. The minimum Gasteiger partial charge on any atom is -0.311 e. The lowest BCUT2D eigenvalue weighted by Crippen LogP contribution is -2.56. The molecule has 26 heavy (non-hydrogen) atoms.